The van der Waals surface area contributed by atoms with Gasteiger partial charge in [0.25, 0.3) is 0 Å². The number of amides is 1. The van der Waals surface area contributed by atoms with Crippen LogP contribution in [0, 0.1) is 0 Å². The Labute approximate surface area is 178 Å². The zero-order valence-corrected chi connectivity index (χ0v) is 19.2. The minimum absolute atomic E-state index is 0. The molecule has 0 saturated carbocycles. The molecule has 1 aromatic carbocycles. The molecule has 0 fully saturated rings. The number of hydrogen-bond acceptors (Lipinski definition) is 3. The highest BCUT2D eigenvalue weighted by Crippen LogP contribution is 2.16. The molecular weight excluding hydrogens is 467 g/mol. The summed E-state index contributed by atoms with van der Waals surface area (Å²) in [7, 11) is 5.38. The average molecular weight is 497 g/mol. The Balaban J connectivity index is 0.00000625. The van der Waals surface area contributed by atoms with Crippen LogP contribution < -0.4 is 10.1 Å². The van der Waals surface area contributed by atoms with Crippen molar-refractivity contribution in [2.45, 2.75) is 26.3 Å². The number of aliphatic imine (C=N–C) groups is 1. The third-order valence-corrected chi connectivity index (χ3v) is 3.94. The summed E-state index contributed by atoms with van der Waals surface area (Å²) >= 11 is 5.95. The first kappa shape index (κ1) is 24.8. The molecule has 0 saturated heterocycles. The number of nitrogens with zero attached hydrogens (tertiary/aromatic N) is 3. The minimum atomic E-state index is -0.0352. The zero-order chi connectivity index (χ0) is 18.8. The molecule has 1 N–H and O–H groups in total. The molecule has 0 aliphatic rings. The van der Waals surface area contributed by atoms with E-state index < -0.39 is 0 Å². The number of halogens is 2. The molecule has 8 heteroatoms. The van der Waals surface area contributed by atoms with Gasteiger partial charge in [-0.2, -0.15) is 0 Å². The van der Waals surface area contributed by atoms with Crippen molar-refractivity contribution in [3.8, 4) is 5.75 Å². The summed E-state index contributed by atoms with van der Waals surface area (Å²) in [6.45, 7) is 5.41. The highest BCUT2D eigenvalue weighted by molar-refractivity contribution is 14.0. The molecule has 1 rings (SSSR count). The number of guanidine groups is 1. The summed E-state index contributed by atoms with van der Waals surface area (Å²) in [5.41, 5.74) is 0. The number of carbonyl (C=O) groups is 1. The SMILES string of the molecule is CCC(C)NC(=NCC(=O)N(C)C)N(C)CCOc1cccc(Cl)c1.I. The lowest BCUT2D eigenvalue weighted by Crippen LogP contribution is -2.45. The van der Waals surface area contributed by atoms with Gasteiger partial charge in [-0.1, -0.05) is 24.6 Å². The van der Waals surface area contributed by atoms with Crippen LogP contribution in [0.4, 0.5) is 0 Å². The predicted molar refractivity (Wildman–Crippen MR) is 119 cm³/mol. The standard InChI is InChI=1S/C18H29ClN4O2.HI/c1-6-14(2)21-18(20-13-17(24)22(3)4)23(5)10-11-25-16-9-7-8-15(19)12-16;/h7-9,12,14H,6,10-11,13H2,1-5H3,(H,20,21);1H. The first-order valence-electron chi connectivity index (χ1n) is 8.44. The molecule has 0 aliphatic carbocycles. The molecule has 26 heavy (non-hydrogen) atoms. The molecule has 1 unspecified atom stereocenters. The van der Waals surface area contributed by atoms with Gasteiger partial charge in [0.15, 0.2) is 5.96 Å². The summed E-state index contributed by atoms with van der Waals surface area (Å²) in [5.74, 6) is 1.39. The normalized spacial score (nSPS) is 12.0. The number of likely N-dealkylation sites (N-methyl/N-ethyl adjacent to an activating group) is 2. The monoisotopic (exact) mass is 496 g/mol. The predicted octanol–water partition coefficient (Wildman–Crippen LogP) is 3.10. The van der Waals surface area contributed by atoms with E-state index >= 15 is 0 Å². The van der Waals surface area contributed by atoms with E-state index in [1.807, 2.05) is 30.1 Å². The molecule has 0 heterocycles. The summed E-state index contributed by atoms with van der Waals surface area (Å²) < 4.78 is 5.72. The maximum absolute atomic E-state index is 11.8. The van der Waals surface area contributed by atoms with Crippen LogP contribution in [0.15, 0.2) is 29.3 Å². The summed E-state index contributed by atoms with van der Waals surface area (Å²) in [6, 6.07) is 7.58. The van der Waals surface area contributed by atoms with Gasteiger partial charge in [0, 0.05) is 32.2 Å². The van der Waals surface area contributed by atoms with E-state index in [1.54, 1.807) is 20.2 Å². The lowest BCUT2D eigenvalue weighted by atomic mass is 10.3. The van der Waals surface area contributed by atoms with E-state index in [-0.39, 0.29) is 42.5 Å². The van der Waals surface area contributed by atoms with Crippen LogP contribution in [-0.4, -0.2) is 68.5 Å². The smallest absolute Gasteiger partial charge is 0.243 e. The highest BCUT2D eigenvalue weighted by atomic mass is 127. The Kier molecular flexibility index (Phi) is 12.4. The van der Waals surface area contributed by atoms with Crippen LogP contribution >= 0.6 is 35.6 Å². The van der Waals surface area contributed by atoms with Gasteiger partial charge >= 0.3 is 0 Å². The molecule has 0 aromatic heterocycles. The minimum Gasteiger partial charge on any atom is -0.492 e. The Bertz CT molecular complexity index is 584. The second kappa shape index (κ2) is 13.0. The van der Waals surface area contributed by atoms with Crippen LogP contribution in [0.1, 0.15) is 20.3 Å². The summed E-state index contributed by atoms with van der Waals surface area (Å²) in [5, 5.41) is 3.99. The van der Waals surface area contributed by atoms with E-state index in [0.29, 0.717) is 24.1 Å². The van der Waals surface area contributed by atoms with Gasteiger partial charge in [-0.3, -0.25) is 4.79 Å². The van der Waals surface area contributed by atoms with Crippen molar-refractivity contribution in [2.24, 2.45) is 4.99 Å². The van der Waals surface area contributed by atoms with Gasteiger partial charge in [0.05, 0.1) is 6.54 Å². The fourth-order valence-electron chi connectivity index (χ4n) is 1.85. The van der Waals surface area contributed by atoms with Crippen LogP contribution in [-0.2, 0) is 4.79 Å². The number of ether oxygens (including phenoxy) is 1. The topological polar surface area (TPSA) is 57.2 Å². The van der Waals surface area contributed by atoms with Gasteiger partial charge in [-0.25, -0.2) is 4.99 Å². The van der Waals surface area contributed by atoms with Crippen LogP contribution in [0.2, 0.25) is 5.02 Å². The largest absolute Gasteiger partial charge is 0.492 e. The third-order valence-electron chi connectivity index (χ3n) is 3.70. The Morgan fingerprint density at radius 1 is 1.35 bits per heavy atom. The first-order valence-corrected chi connectivity index (χ1v) is 8.82. The molecule has 0 radical (unpaired) electrons. The van der Waals surface area contributed by atoms with Crippen molar-refractivity contribution >= 4 is 47.4 Å². The maximum Gasteiger partial charge on any atom is 0.243 e. The number of hydrogen-bond donors (Lipinski definition) is 1. The lowest BCUT2D eigenvalue weighted by Gasteiger charge is -2.25. The summed E-state index contributed by atoms with van der Waals surface area (Å²) in [4.78, 5) is 19.7. The van der Waals surface area contributed by atoms with Crippen molar-refractivity contribution in [2.75, 3.05) is 40.8 Å². The van der Waals surface area contributed by atoms with Crippen LogP contribution in [0.5, 0.6) is 5.75 Å². The van der Waals surface area contributed by atoms with Crippen molar-refractivity contribution in [3.63, 3.8) is 0 Å². The van der Waals surface area contributed by atoms with Gasteiger partial charge in [-0.15, -0.1) is 24.0 Å². The van der Waals surface area contributed by atoms with Crippen molar-refractivity contribution in [1.82, 2.24) is 15.1 Å². The van der Waals surface area contributed by atoms with Crippen LogP contribution in [0.3, 0.4) is 0 Å². The molecule has 0 aliphatic heterocycles. The third kappa shape index (κ3) is 9.47. The molecule has 148 valence electrons. The average Bonchev–Trinajstić information content (AvgIpc) is 2.57. The van der Waals surface area contributed by atoms with Crippen molar-refractivity contribution < 1.29 is 9.53 Å². The first-order chi connectivity index (χ1) is 11.8. The van der Waals surface area contributed by atoms with E-state index in [2.05, 4.69) is 24.2 Å². The zero-order valence-electron chi connectivity index (χ0n) is 16.2. The quantitative estimate of drug-likeness (QED) is 0.341. The molecular formula is C18H30ClIN4O2. The van der Waals surface area contributed by atoms with Gasteiger partial charge in [0.1, 0.15) is 18.9 Å². The van der Waals surface area contributed by atoms with E-state index in [4.69, 9.17) is 16.3 Å². The lowest BCUT2D eigenvalue weighted by molar-refractivity contribution is -0.127. The molecule has 1 atom stereocenters. The Morgan fingerprint density at radius 3 is 2.62 bits per heavy atom. The van der Waals surface area contributed by atoms with Crippen LogP contribution in [0.25, 0.3) is 0 Å². The molecule has 1 aromatic rings. The van der Waals surface area contributed by atoms with Crippen molar-refractivity contribution in [3.05, 3.63) is 29.3 Å². The van der Waals surface area contributed by atoms with Gasteiger partial charge in [-0.05, 0) is 31.5 Å². The maximum atomic E-state index is 11.8. The second-order valence-electron chi connectivity index (χ2n) is 6.11. The van der Waals surface area contributed by atoms with Gasteiger partial charge < -0.3 is 19.9 Å². The van der Waals surface area contributed by atoms with E-state index in [0.717, 1.165) is 12.2 Å². The molecule has 0 spiro atoms. The molecule has 6 nitrogen and oxygen atoms in total. The summed E-state index contributed by atoms with van der Waals surface area (Å²) in [6.07, 6.45) is 0.966. The Hall–Kier alpha value is -1.22. The highest BCUT2D eigenvalue weighted by Gasteiger charge is 2.11. The number of benzene rings is 1. The number of nitrogens with one attached hydrogen (secondary N) is 1. The second-order valence-corrected chi connectivity index (χ2v) is 6.55. The van der Waals surface area contributed by atoms with Gasteiger partial charge in [0.2, 0.25) is 5.91 Å². The molecule has 0 bridgehead atoms. The fourth-order valence-corrected chi connectivity index (χ4v) is 2.03. The number of rotatable bonds is 8. The Morgan fingerprint density at radius 2 is 2.04 bits per heavy atom. The molecule has 1 amide bonds. The number of carbonyl (C=O) groups excluding carboxylic acids is 1. The van der Waals surface area contributed by atoms with E-state index in [1.165, 1.54) is 4.90 Å². The van der Waals surface area contributed by atoms with E-state index in [9.17, 15) is 4.79 Å². The van der Waals surface area contributed by atoms with Crippen molar-refractivity contribution in [1.29, 1.82) is 0 Å². The fraction of sp³-hybridized carbons (Fsp3) is 0.556.